The maximum absolute atomic E-state index is 13.2. The van der Waals surface area contributed by atoms with Crippen LogP contribution in [-0.2, 0) is 6.61 Å². The molecule has 0 saturated heterocycles. The zero-order valence-corrected chi connectivity index (χ0v) is 12.9. The van der Waals surface area contributed by atoms with E-state index >= 15 is 0 Å². The summed E-state index contributed by atoms with van der Waals surface area (Å²) in [7, 11) is 0. The van der Waals surface area contributed by atoms with Gasteiger partial charge in [-0.2, -0.15) is 0 Å². The fraction of sp³-hybridized carbons (Fsp3) is 0.0667. The molecular weight excluding hydrogens is 351 g/mol. The average molecular weight is 360 g/mol. The van der Waals surface area contributed by atoms with E-state index in [0.29, 0.717) is 5.56 Å². The Morgan fingerprint density at radius 2 is 1.77 bits per heavy atom. The Bertz CT molecular complexity index is 973. The Kier molecular flexibility index (Phi) is 4.51. The van der Waals surface area contributed by atoms with Crippen LogP contribution in [0.5, 0.6) is 5.75 Å². The summed E-state index contributed by atoms with van der Waals surface area (Å²) in [6.07, 6.45) is 0. The molecule has 0 bridgehead atoms. The molecule has 0 unspecified atom stereocenters. The van der Waals surface area contributed by atoms with E-state index in [2.05, 4.69) is 10.2 Å². The van der Waals surface area contributed by atoms with Gasteiger partial charge in [0.2, 0.25) is 11.6 Å². The zero-order chi connectivity index (χ0) is 18.7. The van der Waals surface area contributed by atoms with Crippen molar-refractivity contribution in [2.75, 3.05) is 0 Å². The van der Waals surface area contributed by atoms with Gasteiger partial charge in [0.1, 0.15) is 5.82 Å². The molecule has 3 aromatic rings. The van der Waals surface area contributed by atoms with Gasteiger partial charge in [-0.3, -0.25) is 20.2 Å². The summed E-state index contributed by atoms with van der Waals surface area (Å²) in [5, 5.41) is 29.0. The van der Waals surface area contributed by atoms with E-state index in [4.69, 9.17) is 9.15 Å². The van der Waals surface area contributed by atoms with Gasteiger partial charge in [0.05, 0.1) is 9.85 Å². The van der Waals surface area contributed by atoms with Gasteiger partial charge in [-0.15, -0.1) is 10.2 Å². The second-order valence-corrected chi connectivity index (χ2v) is 4.96. The van der Waals surface area contributed by atoms with Crippen molar-refractivity contribution in [1.82, 2.24) is 10.2 Å². The highest BCUT2D eigenvalue weighted by Gasteiger charge is 2.17. The van der Waals surface area contributed by atoms with E-state index in [9.17, 15) is 24.6 Å². The zero-order valence-electron chi connectivity index (χ0n) is 12.9. The molecule has 0 aliphatic carbocycles. The largest absolute Gasteiger partial charge is 0.477 e. The SMILES string of the molecule is O=[N+]([O-])c1ccc(-c2nnc(COc3cc(F)ccc3[N+](=O)[O-])o2)cc1. The van der Waals surface area contributed by atoms with Crippen LogP contribution in [0.2, 0.25) is 0 Å². The molecule has 3 rings (SSSR count). The molecule has 0 amide bonds. The van der Waals surface area contributed by atoms with Crippen molar-refractivity contribution in [2.45, 2.75) is 6.61 Å². The van der Waals surface area contributed by atoms with Crippen molar-refractivity contribution in [3.8, 4) is 17.2 Å². The van der Waals surface area contributed by atoms with Crippen molar-refractivity contribution in [3.05, 3.63) is 74.4 Å². The summed E-state index contributed by atoms with van der Waals surface area (Å²) in [5.74, 6) is -0.878. The van der Waals surface area contributed by atoms with Crippen LogP contribution >= 0.6 is 0 Å². The van der Waals surface area contributed by atoms with Crippen molar-refractivity contribution < 1.29 is 23.4 Å². The number of hydrogen-bond donors (Lipinski definition) is 0. The van der Waals surface area contributed by atoms with E-state index in [0.717, 1.165) is 18.2 Å². The van der Waals surface area contributed by atoms with E-state index in [1.165, 1.54) is 24.3 Å². The second kappa shape index (κ2) is 6.93. The van der Waals surface area contributed by atoms with Crippen LogP contribution in [-0.4, -0.2) is 20.0 Å². The van der Waals surface area contributed by atoms with Crippen LogP contribution in [0, 0.1) is 26.0 Å². The predicted molar refractivity (Wildman–Crippen MR) is 83.8 cm³/mol. The van der Waals surface area contributed by atoms with E-state index < -0.39 is 21.4 Å². The summed E-state index contributed by atoms with van der Waals surface area (Å²) in [5.41, 5.74) is -0.0390. The average Bonchev–Trinajstić information content (AvgIpc) is 3.09. The molecule has 0 aliphatic rings. The van der Waals surface area contributed by atoms with Gasteiger partial charge >= 0.3 is 5.69 Å². The smallest absolute Gasteiger partial charge is 0.311 e. The molecule has 26 heavy (non-hydrogen) atoms. The highest BCUT2D eigenvalue weighted by molar-refractivity contribution is 5.55. The van der Waals surface area contributed by atoms with E-state index in [1.54, 1.807) is 0 Å². The topological polar surface area (TPSA) is 134 Å². The molecule has 1 heterocycles. The highest BCUT2D eigenvalue weighted by Crippen LogP contribution is 2.28. The first-order valence-electron chi connectivity index (χ1n) is 7.08. The summed E-state index contributed by atoms with van der Waals surface area (Å²) < 4.78 is 23.8. The molecule has 10 nitrogen and oxygen atoms in total. The number of benzene rings is 2. The minimum atomic E-state index is -0.703. The van der Waals surface area contributed by atoms with Crippen molar-refractivity contribution in [3.63, 3.8) is 0 Å². The lowest BCUT2D eigenvalue weighted by Gasteiger charge is -2.04. The molecule has 1 aromatic heterocycles. The lowest BCUT2D eigenvalue weighted by molar-refractivity contribution is -0.386. The van der Waals surface area contributed by atoms with Crippen molar-refractivity contribution in [1.29, 1.82) is 0 Å². The van der Waals surface area contributed by atoms with E-state index in [1.807, 2.05) is 0 Å². The van der Waals surface area contributed by atoms with Crippen molar-refractivity contribution >= 4 is 11.4 Å². The Balaban J connectivity index is 1.74. The third-order valence-electron chi connectivity index (χ3n) is 3.26. The molecule has 0 N–H and O–H groups in total. The molecule has 11 heteroatoms. The molecule has 132 valence electrons. The number of ether oxygens (including phenoxy) is 1. The van der Waals surface area contributed by atoms with E-state index in [-0.39, 0.29) is 29.8 Å². The number of rotatable bonds is 6. The minimum absolute atomic E-state index is 0.00286. The summed E-state index contributed by atoms with van der Waals surface area (Å²) in [6.45, 7) is -0.315. The molecule has 0 fully saturated rings. The van der Waals surface area contributed by atoms with Gasteiger partial charge in [-0.1, -0.05) is 0 Å². The predicted octanol–water partition coefficient (Wildman–Crippen LogP) is 3.27. The van der Waals surface area contributed by atoms with Gasteiger partial charge in [-0.25, -0.2) is 4.39 Å². The van der Waals surface area contributed by atoms with Crippen LogP contribution in [0.25, 0.3) is 11.5 Å². The van der Waals surface area contributed by atoms with Crippen LogP contribution in [0.15, 0.2) is 46.9 Å². The number of aromatic nitrogens is 2. The number of halogens is 1. The number of non-ortho nitro benzene ring substituents is 1. The Morgan fingerprint density at radius 3 is 2.42 bits per heavy atom. The summed E-state index contributed by atoms with van der Waals surface area (Å²) >= 11 is 0. The number of nitro benzene ring substituents is 2. The van der Waals surface area contributed by atoms with Crippen LogP contribution in [0.3, 0.4) is 0 Å². The molecule has 0 spiro atoms. The molecule has 0 radical (unpaired) electrons. The fourth-order valence-corrected chi connectivity index (χ4v) is 2.05. The van der Waals surface area contributed by atoms with Gasteiger partial charge < -0.3 is 9.15 Å². The highest BCUT2D eigenvalue weighted by atomic mass is 19.1. The monoisotopic (exact) mass is 360 g/mol. The van der Waals surface area contributed by atoms with Crippen LogP contribution < -0.4 is 4.74 Å². The number of nitro groups is 2. The first-order chi connectivity index (χ1) is 12.4. The maximum atomic E-state index is 13.2. The molecule has 0 atom stereocenters. The Hall–Kier alpha value is -3.89. The van der Waals surface area contributed by atoms with Gasteiger partial charge in [0, 0.05) is 29.8 Å². The fourth-order valence-electron chi connectivity index (χ4n) is 2.05. The maximum Gasteiger partial charge on any atom is 0.311 e. The molecule has 2 aromatic carbocycles. The molecular formula is C15H9FN4O6. The third kappa shape index (κ3) is 3.61. The standard InChI is InChI=1S/C15H9FN4O6/c16-10-3-6-12(20(23)24)13(7-10)25-8-14-17-18-15(26-14)9-1-4-11(5-2-9)19(21)22/h1-7H,8H2. The lowest BCUT2D eigenvalue weighted by Crippen LogP contribution is -2.00. The quantitative estimate of drug-likeness (QED) is 0.483. The van der Waals surface area contributed by atoms with Gasteiger partial charge in [0.15, 0.2) is 6.61 Å². The minimum Gasteiger partial charge on any atom is -0.477 e. The first-order valence-corrected chi connectivity index (χ1v) is 7.08. The third-order valence-corrected chi connectivity index (χ3v) is 3.26. The summed E-state index contributed by atoms with van der Waals surface area (Å²) in [6, 6.07) is 8.26. The molecule has 0 aliphatic heterocycles. The summed E-state index contributed by atoms with van der Waals surface area (Å²) in [4.78, 5) is 20.3. The Morgan fingerprint density at radius 1 is 1.04 bits per heavy atom. The van der Waals surface area contributed by atoms with Gasteiger partial charge in [0.25, 0.3) is 11.6 Å². The van der Waals surface area contributed by atoms with Crippen LogP contribution in [0.1, 0.15) is 5.89 Å². The lowest BCUT2D eigenvalue weighted by atomic mass is 10.2. The van der Waals surface area contributed by atoms with Gasteiger partial charge in [-0.05, 0) is 18.2 Å². The Labute approximate surface area is 144 Å². The second-order valence-electron chi connectivity index (χ2n) is 4.96. The number of nitrogens with zero attached hydrogens (tertiary/aromatic N) is 4. The molecule has 0 saturated carbocycles. The first kappa shape index (κ1) is 17.0. The normalized spacial score (nSPS) is 10.5. The van der Waals surface area contributed by atoms with Crippen LogP contribution in [0.4, 0.5) is 15.8 Å². The van der Waals surface area contributed by atoms with Crippen molar-refractivity contribution in [2.24, 2.45) is 0 Å². The number of hydrogen-bond acceptors (Lipinski definition) is 8.